The van der Waals surface area contributed by atoms with Crippen molar-refractivity contribution in [3.05, 3.63) is 27.9 Å². The van der Waals surface area contributed by atoms with E-state index in [2.05, 4.69) is 44.6 Å². The van der Waals surface area contributed by atoms with E-state index < -0.39 is 0 Å². The van der Waals surface area contributed by atoms with Crippen molar-refractivity contribution in [1.29, 1.82) is 0 Å². The first-order chi connectivity index (χ1) is 7.76. The lowest BCUT2D eigenvalue weighted by atomic mass is 10.1. The molecule has 0 saturated carbocycles. The predicted molar refractivity (Wildman–Crippen MR) is 74.4 cm³/mol. The highest BCUT2D eigenvalue weighted by atomic mass is 32.2. The fraction of sp³-hybridized carbons (Fsp3) is 0.692. The molecule has 1 heterocycles. The Kier molecular flexibility index (Phi) is 4.80. The summed E-state index contributed by atoms with van der Waals surface area (Å²) in [5.74, 6) is 2.06. The zero-order chi connectivity index (χ0) is 13.1. The van der Waals surface area contributed by atoms with Gasteiger partial charge in [-0.3, -0.25) is 4.79 Å². The van der Waals surface area contributed by atoms with Gasteiger partial charge < -0.3 is 4.98 Å². The molecule has 0 spiro atoms. The molecule has 3 nitrogen and oxygen atoms in total. The lowest BCUT2D eigenvalue weighted by Crippen LogP contribution is -2.15. The van der Waals surface area contributed by atoms with Crippen molar-refractivity contribution in [1.82, 2.24) is 9.97 Å². The molecular formula is C13H22N2OS. The summed E-state index contributed by atoms with van der Waals surface area (Å²) in [6, 6.07) is 1.60. The van der Waals surface area contributed by atoms with E-state index in [1.54, 1.807) is 17.8 Å². The number of hydrogen-bond acceptors (Lipinski definition) is 3. The Labute approximate surface area is 107 Å². The minimum atomic E-state index is -0.0415. The van der Waals surface area contributed by atoms with Gasteiger partial charge in [0.25, 0.3) is 5.56 Å². The minimum Gasteiger partial charge on any atom is -0.310 e. The van der Waals surface area contributed by atoms with Crippen LogP contribution in [0.25, 0.3) is 0 Å². The van der Waals surface area contributed by atoms with E-state index in [-0.39, 0.29) is 10.3 Å². The van der Waals surface area contributed by atoms with Gasteiger partial charge in [0.05, 0.1) is 5.75 Å². The quantitative estimate of drug-likeness (QED) is 0.898. The molecule has 1 aromatic heterocycles. The summed E-state index contributed by atoms with van der Waals surface area (Å²) in [7, 11) is 0. The van der Waals surface area contributed by atoms with E-state index >= 15 is 0 Å². The molecule has 0 atom stereocenters. The number of H-pyrrole nitrogens is 1. The van der Waals surface area contributed by atoms with Crippen molar-refractivity contribution in [2.45, 2.75) is 51.5 Å². The number of nitrogens with zero attached hydrogens (tertiary/aromatic N) is 1. The number of aromatic nitrogens is 2. The lowest BCUT2D eigenvalue weighted by Gasteiger charge is -2.17. The number of nitrogens with one attached hydrogen (secondary N) is 1. The second kappa shape index (κ2) is 5.71. The number of rotatable bonds is 4. The molecule has 1 aromatic rings. The monoisotopic (exact) mass is 254 g/mol. The van der Waals surface area contributed by atoms with Crippen LogP contribution in [0.1, 0.15) is 46.1 Å². The van der Waals surface area contributed by atoms with Gasteiger partial charge in [0.15, 0.2) is 0 Å². The highest BCUT2D eigenvalue weighted by molar-refractivity contribution is 7.99. The van der Waals surface area contributed by atoms with Gasteiger partial charge in [-0.2, -0.15) is 0 Å². The molecule has 17 heavy (non-hydrogen) atoms. The van der Waals surface area contributed by atoms with Crippen LogP contribution >= 0.6 is 11.8 Å². The van der Waals surface area contributed by atoms with Crippen LogP contribution in [-0.2, 0) is 12.2 Å². The predicted octanol–water partition coefficient (Wildman–Crippen LogP) is 3.00. The van der Waals surface area contributed by atoms with Gasteiger partial charge in [-0.25, -0.2) is 4.98 Å². The second-order valence-corrected chi connectivity index (χ2v) is 7.48. The zero-order valence-corrected chi connectivity index (χ0v) is 12.1. The minimum absolute atomic E-state index is 0.0415. The molecule has 0 fully saturated rings. The Bertz CT molecular complexity index is 418. The van der Waals surface area contributed by atoms with Crippen LogP contribution in [0.4, 0.5) is 0 Å². The fourth-order valence-corrected chi connectivity index (χ4v) is 2.15. The van der Waals surface area contributed by atoms with E-state index in [1.807, 2.05) is 0 Å². The maximum absolute atomic E-state index is 11.5. The Balaban J connectivity index is 2.79. The molecule has 0 saturated heterocycles. The van der Waals surface area contributed by atoms with Gasteiger partial charge in [-0.15, -0.1) is 11.8 Å². The fourth-order valence-electron chi connectivity index (χ4n) is 1.44. The summed E-state index contributed by atoms with van der Waals surface area (Å²) in [5.41, 5.74) is 0.855. The average molecular weight is 254 g/mol. The van der Waals surface area contributed by atoms with Crippen molar-refractivity contribution in [2.24, 2.45) is 5.92 Å². The molecule has 0 radical (unpaired) electrons. The third kappa shape index (κ3) is 5.91. The Morgan fingerprint density at radius 3 is 2.59 bits per heavy atom. The second-order valence-electron chi connectivity index (χ2n) is 5.68. The molecule has 0 bridgehead atoms. The molecule has 0 unspecified atom stereocenters. The summed E-state index contributed by atoms with van der Waals surface area (Å²) in [6.45, 7) is 10.7. The largest absolute Gasteiger partial charge is 0.310 e. The molecule has 0 amide bonds. The van der Waals surface area contributed by atoms with Crippen LogP contribution in [-0.4, -0.2) is 14.7 Å². The smallest absolute Gasteiger partial charge is 0.251 e. The van der Waals surface area contributed by atoms with E-state index in [9.17, 15) is 4.79 Å². The van der Waals surface area contributed by atoms with Gasteiger partial charge in [-0.05, 0) is 12.3 Å². The van der Waals surface area contributed by atoms with Crippen molar-refractivity contribution in [3.63, 3.8) is 0 Å². The van der Waals surface area contributed by atoms with Crippen molar-refractivity contribution in [3.8, 4) is 0 Å². The third-order valence-electron chi connectivity index (χ3n) is 2.10. The summed E-state index contributed by atoms with van der Waals surface area (Å²) in [4.78, 5) is 18.8. The molecule has 0 aromatic carbocycles. The standard InChI is InChI=1S/C13H22N2OS/c1-9(2)6-10-7-12(16)15-11(14-10)8-17-13(3,4)5/h7,9H,6,8H2,1-5H3,(H,14,15,16). The Morgan fingerprint density at radius 1 is 1.41 bits per heavy atom. The van der Waals surface area contributed by atoms with Gasteiger partial charge >= 0.3 is 0 Å². The van der Waals surface area contributed by atoms with Crippen LogP contribution < -0.4 is 5.56 Å². The first-order valence-electron chi connectivity index (χ1n) is 5.99. The highest BCUT2D eigenvalue weighted by Gasteiger charge is 2.12. The van der Waals surface area contributed by atoms with Crippen LogP contribution in [0, 0.1) is 5.92 Å². The first-order valence-corrected chi connectivity index (χ1v) is 6.98. The lowest BCUT2D eigenvalue weighted by molar-refractivity contribution is 0.630. The number of aromatic amines is 1. The van der Waals surface area contributed by atoms with E-state index in [1.165, 1.54) is 0 Å². The summed E-state index contributed by atoms with van der Waals surface area (Å²) in [6.07, 6.45) is 0.858. The van der Waals surface area contributed by atoms with Crippen molar-refractivity contribution in [2.75, 3.05) is 0 Å². The maximum Gasteiger partial charge on any atom is 0.251 e. The van der Waals surface area contributed by atoms with Gasteiger partial charge in [-0.1, -0.05) is 34.6 Å². The molecule has 4 heteroatoms. The number of hydrogen-bond donors (Lipinski definition) is 1. The molecule has 96 valence electrons. The Hall–Kier alpha value is -0.770. The van der Waals surface area contributed by atoms with Crippen LogP contribution in [0.3, 0.4) is 0 Å². The van der Waals surface area contributed by atoms with Gasteiger partial charge in [0, 0.05) is 16.5 Å². The van der Waals surface area contributed by atoms with Gasteiger partial charge in [0.1, 0.15) is 5.82 Å². The van der Waals surface area contributed by atoms with Gasteiger partial charge in [0.2, 0.25) is 0 Å². The van der Waals surface area contributed by atoms with Crippen LogP contribution in [0.5, 0.6) is 0 Å². The van der Waals surface area contributed by atoms with E-state index in [4.69, 9.17) is 0 Å². The number of thioether (sulfide) groups is 1. The summed E-state index contributed by atoms with van der Waals surface area (Å²) in [5, 5.41) is 0. The molecule has 0 aliphatic carbocycles. The topological polar surface area (TPSA) is 45.8 Å². The van der Waals surface area contributed by atoms with Crippen molar-refractivity contribution < 1.29 is 0 Å². The first kappa shape index (κ1) is 14.3. The Morgan fingerprint density at radius 2 is 2.06 bits per heavy atom. The summed E-state index contributed by atoms with van der Waals surface area (Å²) < 4.78 is 0.187. The third-order valence-corrected chi connectivity index (χ3v) is 3.39. The molecule has 0 aliphatic heterocycles. The molecule has 0 aliphatic rings. The normalized spacial score (nSPS) is 12.1. The molecule has 1 rings (SSSR count). The van der Waals surface area contributed by atoms with E-state index in [0.717, 1.165) is 23.7 Å². The van der Waals surface area contributed by atoms with E-state index in [0.29, 0.717) is 5.92 Å². The molecule has 1 N–H and O–H groups in total. The summed E-state index contributed by atoms with van der Waals surface area (Å²) >= 11 is 1.79. The average Bonchev–Trinajstić information content (AvgIpc) is 2.11. The van der Waals surface area contributed by atoms with Crippen molar-refractivity contribution >= 4 is 11.8 Å². The van der Waals surface area contributed by atoms with Crippen LogP contribution in [0.15, 0.2) is 10.9 Å². The SMILES string of the molecule is CC(C)Cc1cc(=O)[nH]c(CSC(C)(C)C)n1. The molecular weight excluding hydrogens is 232 g/mol. The van der Waals surface area contributed by atoms with Crippen LogP contribution in [0.2, 0.25) is 0 Å². The maximum atomic E-state index is 11.5. The zero-order valence-electron chi connectivity index (χ0n) is 11.3. The highest BCUT2D eigenvalue weighted by Crippen LogP contribution is 2.25.